The number of amides is 1. The van der Waals surface area contributed by atoms with Gasteiger partial charge in [0.1, 0.15) is 0 Å². The maximum Gasteiger partial charge on any atom is 0.235 e. The fourth-order valence-electron chi connectivity index (χ4n) is 1.58. The highest BCUT2D eigenvalue weighted by Crippen LogP contribution is 2.18. The van der Waals surface area contributed by atoms with Crippen molar-refractivity contribution in [2.75, 3.05) is 26.1 Å². The van der Waals surface area contributed by atoms with Gasteiger partial charge in [-0.05, 0) is 30.9 Å². The van der Waals surface area contributed by atoms with E-state index in [1.165, 1.54) is 7.05 Å². The summed E-state index contributed by atoms with van der Waals surface area (Å²) in [6.45, 7) is 1.69. The normalized spacial score (nSPS) is 13.2. The molecule has 1 N–H and O–H groups in total. The Morgan fingerprint density at radius 3 is 2.35 bits per heavy atom. The van der Waals surface area contributed by atoms with Crippen LogP contribution in [0.1, 0.15) is 18.5 Å². The molecule has 0 spiro atoms. The van der Waals surface area contributed by atoms with E-state index in [9.17, 15) is 13.2 Å². The number of sulfonamides is 1. The van der Waals surface area contributed by atoms with E-state index in [2.05, 4.69) is 5.32 Å². The Hall–Kier alpha value is -1.05. The number of nitrogens with one attached hydrogen (secondary N) is 1. The molecule has 1 unspecified atom stereocenters. The Morgan fingerprint density at radius 1 is 1.35 bits per heavy atom. The standard InChI is InChI=1S/C13H20N2O3S2/c1-10(11-5-7-12(19-3)8-6-11)14-13(16)9-15(2)20(4,17)18/h5-8,10H,9H2,1-4H3,(H,14,16). The molecule has 0 radical (unpaired) electrons. The fraction of sp³-hybridized carbons (Fsp3) is 0.462. The van der Waals surface area contributed by atoms with Crippen LogP contribution in [0.25, 0.3) is 0 Å². The van der Waals surface area contributed by atoms with Crippen LogP contribution in [0.5, 0.6) is 0 Å². The first-order valence-corrected chi connectivity index (χ1v) is 9.16. The lowest BCUT2D eigenvalue weighted by molar-refractivity contribution is -0.121. The zero-order valence-electron chi connectivity index (χ0n) is 12.1. The van der Waals surface area contributed by atoms with Crippen molar-refractivity contribution < 1.29 is 13.2 Å². The van der Waals surface area contributed by atoms with E-state index >= 15 is 0 Å². The summed E-state index contributed by atoms with van der Waals surface area (Å²) in [6, 6.07) is 7.73. The number of hydrogen-bond acceptors (Lipinski definition) is 4. The van der Waals surface area contributed by atoms with E-state index in [1.807, 2.05) is 37.4 Å². The van der Waals surface area contributed by atoms with Gasteiger partial charge in [0.25, 0.3) is 0 Å². The molecule has 0 saturated carbocycles. The first-order chi connectivity index (χ1) is 9.24. The summed E-state index contributed by atoms with van der Waals surface area (Å²) in [5.41, 5.74) is 0.984. The van der Waals surface area contributed by atoms with E-state index in [1.54, 1.807) is 11.8 Å². The van der Waals surface area contributed by atoms with Gasteiger partial charge in [-0.1, -0.05) is 12.1 Å². The molecule has 1 aromatic carbocycles. The van der Waals surface area contributed by atoms with E-state index in [0.29, 0.717) is 0 Å². The lowest BCUT2D eigenvalue weighted by atomic mass is 10.1. The van der Waals surface area contributed by atoms with Crippen LogP contribution in [-0.2, 0) is 14.8 Å². The molecular weight excluding hydrogens is 296 g/mol. The SMILES string of the molecule is CSc1ccc(C(C)NC(=O)CN(C)S(C)(=O)=O)cc1. The largest absolute Gasteiger partial charge is 0.348 e. The van der Waals surface area contributed by atoms with Crippen LogP contribution in [0.15, 0.2) is 29.2 Å². The molecule has 0 fully saturated rings. The highest BCUT2D eigenvalue weighted by Gasteiger charge is 2.16. The predicted molar refractivity (Wildman–Crippen MR) is 82.3 cm³/mol. The molecule has 0 bridgehead atoms. The van der Waals surface area contributed by atoms with Crippen molar-refractivity contribution in [3.8, 4) is 0 Å². The topological polar surface area (TPSA) is 66.5 Å². The van der Waals surface area contributed by atoms with Gasteiger partial charge in [0.15, 0.2) is 0 Å². The number of nitrogens with zero attached hydrogens (tertiary/aromatic N) is 1. The quantitative estimate of drug-likeness (QED) is 0.807. The molecule has 112 valence electrons. The lowest BCUT2D eigenvalue weighted by Gasteiger charge is -2.18. The van der Waals surface area contributed by atoms with Gasteiger partial charge in [-0.3, -0.25) is 4.79 Å². The second kappa shape index (κ2) is 7.10. The van der Waals surface area contributed by atoms with Crippen molar-refractivity contribution in [3.63, 3.8) is 0 Å². The Bertz CT molecular complexity index is 555. The Labute approximate surface area is 124 Å². The molecule has 0 aliphatic rings. The second-order valence-electron chi connectivity index (χ2n) is 4.58. The molecular formula is C13H20N2O3S2. The van der Waals surface area contributed by atoms with E-state index < -0.39 is 10.0 Å². The van der Waals surface area contributed by atoms with Crippen LogP contribution in [-0.4, -0.2) is 44.7 Å². The summed E-state index contributed by atoms with van der Waals surface area (Å²) in [6.07, 6.45) is 3.08. The van der Waals surface area contributed by atoms with Crippen LogP contribution < -0.4 is 5.32 Å². The van der Waals surface area contributed by atoms with Crippen molar-refractivity contribution in [3.05, 3.63) is 29.8 Å². The van der Waals surface area contributed by atoms with Gasteiger partial charge in [-0.25, -0.2) is 8.42 Å². The maximum atomic E-state index is 11.8. The molecule has 1 rings (SSSR count). The number of carbonyl (C=O) groups excluding carboxylic acids is 1. The lowest BCUT2D eigenvalue weighted by Crippen LogP contribution is -2.38. The van der Waals surface area contributed by atoms with Gasteiger partial charge in [0.2, 0.25) is 15.9 Å². The van der Waals surface area contributed by atoms with Crippen LogP contribution in [0, 0.1) is 0 Å². The summed E-state index contributed by atoms with van der Waals surface area (Å²) in [5, 5.41) is 2.78. The number of rotatable bonds is 6. The van der Waals surface area contributed by atoms with Gasteiger partial charge in [0, 0.05) is 11.9 Å². The molecule has 0 aliphatic carbocycles. The van der Waals surface area contributed by atoms with E-state index in [0.717, 1.165) is 21.0 Å². The van der Waals surface area contributed by atoms with Crippen molar-refractivity contribution >= 4 is 27.7 Å². The summed E-state index contributed by atoms with van der Waals surface area (Å²) >= 11 is 1.65. The molecule has 1 amide bonds. The Morgan fingerprint density at radius 2 is 1.90 bits per heavy atom. The molecule has 0 aromatic heterocycles. The minimum atomic E-state index is -3.34. The molecule has 7 heteroatoms. The maximum absolute atomic E-state index is 11.8. The van der Waals surface area contributed by atoms with Gasteiger partial charge in [-0.15, -0.1) is 11.8 Å². The molecule has 20 heavy (non-hydrogen) atoms. The minimum absolute atomic E-state index is 0.161. The highest BCUT2D eigenvalue weighted by molar-refractivity contribution is 7.98. The van der Waals surface area contributed by atoms with Crippen molar-refractivity contribution in [2.45, 2.75) is 17.9 Å². The van der Waals surface area contributed by atoms with Gasteiger partial charge in [-0.2, -0.15) is 4.31 Å². The second-order valence-corrected chi connectivity index (χ2v) is 7.55. The fourth-order valence-corrected chi connectivity index (χ4v) is 2.34. The number of thioether (sulfide) groups is 1. The van der Waals surface area contributed by atoms with Crippen molar-refractivity contribution in [1.82, 2.24) is 9.62 Å². The molecule has 1 aromatic rings. The Balaban J connectivity index is 2.61. The third-order valence-corrected chi connectivity index (χ3v) is 4.93. The van der Waals surface area contributed by atoms with Crippen molar-refractivity contribution in [2.24, 2.45) is 0 Å². The van der Waals surface area contributed by atoms with Crippen LogP contribution in [0.4, 0.5) is 0 Å². The molecule has 0 saturated heterocycles. The smallest absolute Gasteiger partial charge is 0.235 e. The zero-order valence-corrected chi connectivity index (χ0v) is 13.7. The average molecular weight is 316 g/mol. The average Bonchev–Trinajstić information content (AvgIpc) is 2.37. The monoisotopic (exact) mass is 316 g/mol. The first-order valence-electron chi connectivity index (χ1n) is 6.08. The number of hydrogen-bond donors (Lipinski definition) is 1. The third-order valence-electron chi connectivity index (χ3n) is 2.93. The predicted octanol–water partition coefficient (Wildman–Crippen LogP) is 1.48. The summed E-state index contributed by atoms with van der Waals surface area (Å²) in [7, 11) is -1.96. The van der Waals surface area contributed by atoms with Crippen LogP contribution >= 0.6 is 11.8 Å². The van der Waals surface area contributed by atoms with Gasteiger partial charge >= 0.3 is 0 Å². The zero-order chi connectivity index (χ0) is 15.3. The van der Waals surface area contributed by atoms with E-state index in [4.69, 9.17) is 0 Å². The number of likely N-dealkylation sites (N-methyl/N-ethyl adjacent to an activating group) is 1. The van der Waals surface area contributed by atoms with Crippen LogP contribution in [0.2, 0.25) is 0 Å². The minimum Gasteiger partial charge on any atom is -0.348 e. The molecule has 1 atom stereocenters. The molecule has 0 aliphatic heterocycles. The van der Waals surface area contributed by atoms with E-state index in [-0.39, 0.29) is 18.5 Å². The number of benzene rings is 1. The van der Waals surface area contributed by atoms with Crippen LogP contribution in [0.3, 0.4) is 0 Å². The number of carbonyl (C=O) groups is 1. The summed E-state index contributed by atoms with van der Waals surface area (Å²) < 4.78 is 23.5. The van der Waals surface area contributed by atoms with Gasteiger partial charge < -0.3 is 5.32 Å². The summed E-state index contributed by atoms with van der Waals surface area (Å²) in [4.78, 5) is 12.9. The highest BCUT2D eigenvalue weighted by atomic mass is 32.2. The summed E-state index contributed by atoms with van der Waals surface area (Å²) in [5.74, 6) is -0.320. The third kappa shape index (κ3) is 5.15. The first kappa shape index (κ1) is 17.0. The van der Waals surface area contributed by atoms with Crippen molar-refractivity contribution in [1.29, 1.82) is 0 Å². The molecule has 5 nitrogen and oxygen atoms in total. The Kier molecular flexibility index (Phi) is 6.04. The van der Waals surface area contributed by atoms with Gasteiger partial charge in [0.05, 0.1) is 18.8 Å². The molecule has 0 heterocycles.